The predicted molar refractivity (Wildman–Crippen MR) is 170 cm³/mol. The molecular formula is C38H55NO. The molecule has 5 rings (SSSR count). The molecule has 3 aliphatic rings. The van der Waals surface area contributed by atoms with Crippen molar-refractivity contribution in [1.29, 1.82) is 0 Å². The van der Waals surface area contributed by atoms with Crippen molar-refractivity contribution in [2.75, 3.05) is 0 Å². The smallest absolute Gasteiger partial charge is 0.116 e. The van der Waals surface area contributed by atoms with Crippen molar-refractivity contribution in [2.24, 2.45) is 29.1 Å². The normalized spacial score (nSPS) is 31.2. The van der Waals surface area contributed by atoms with E-state index >= 15 is 0 Å². The second-order valence-corrected chi connectivity index (χ2v) is 14.7. The molecule has 0 aromatic heterocycles. The highest BCUT2D eigenvalue weighted by molar-refractivity contribution is 5.45. The monoisotopic (exact) mass is 541 g/mol. The maximum atomic E-state index is 10.9. The Labute approximate surface area is 245 Å². The first-order chi connectivity index (χ1) is 19.2. The predicted octanol–water partition coefficient (Wildman–Crippen LogP) is 10.1. The van der Waals surface area contributed by atoms with E-state index in [4.69, 9.17) is 0 Å². The van der Waals surface area contributed by atoms with E-state index < -0.39 is 0 Å². The number of fused-ring (bicyclic) bond motifs is 1. The quantitative estimate of drug-likeness (QED) is 0.310. The zero-order chi connectivity index (χ0) is 28.3. The number of benzene rings is 2. The number of allylic oxidation sites excluding steroid dienone is 2. The highest BCUT2D eigenvalue weighted by atomic mass is 16.3. The third-order valence-electron chi connectivity index (χ3n) is 10.6. The third kappa shape index (κ3) is 7.04. The molecular weight excluding hydrogens is 486 g/mol. The molecule has 2 N–H and O–H groups in total. The van der Waals surface area contributed by atoms with Gasteiger partial charge in [0.15, 0.2) is 0 Å². The zero-order valence-electron chi connectivity index (χ0n) is 26.0. The average molecular weight is 542 g/mol. The van der Waals surface area contributed by atoms with E-state index in [2.05, 4.69) is 82.4 Å². The Balaban J connectivity index is 1.30. The van der Waals surface area contributed by atoms with Crippen molar-refractivity contribution in [3.05, 3.63) is 76.9 Å². The summed E-state index contributed by atoms with van der Waals surface area (Å²) in [5, 5.41) is 14.8. The molecule has 3 aliphatic carbocycles. The summed E-state index contributed by atoms with van der Waals surface area (Å²) in [6.45, 7) is 11.9. The summed E-state index contributed by atoms with van der Waals surface area (Å²) >= 11 is 0. The van der Waals surface area contributed by atoms with Crippen LogP contribution in [-0.4, -0.2) is 11.1 Å². The molecule has 0 aliphatic heterocycles. The van der Waals surface area contributed by atoms with Crippen molar-refractivity contribution >= 4 is 0 Å². The van der Waals surface area contributed by atoms with Crippen LogP contribution in [0.5, 0.6) is 5.75 Å². The lowest BCUT2D eigenvalue weighted by Crippen LogP contribution is -2.34. The van der Waals surface area contributed by atoms with Crippen molar-refractivity contribution in [3.8, 4) is 5.75 Å². The number of phenolic OH excluding ortho intramolecular Hbond substituents is 1. The molecule has 218 valence electrons. The van der Waals surface area contributed by atoms with E-state index in [1.54, 1.807) is 0 Å². The molecule has 2 aromatic rings. The SMILES string of the molecule is CC(C)CC[C@H](C)N[C@H]1CC[C@@H](c2cc(O)cc(C[C@H]3CCC[C@@H]([C@@]4(C)C=CC[C@H](C)C4)C3)c2)c2ccccc21. The summed E-state index contributed by atoms with van der Waals surface area (Å²) < 4.78 is 0. The summed E-state index contributed by atoms with van der Waals surface area (Å²) in [5.74, 6) is 3.87. The molecule has 1 saturated carbocycles. The largest absolute Gasteiger partial charge is 0.508 e. The number of nitrogens with one attached hydrogen (secondary N) is 1. The van der Waals surface area contributed by atoms with Gasteiger partial charge in [0.25, 0.3) is 0 Å². The number of rotatable bonds is 9. The molecule has 0 radical (unpaired) electrons. The Morgan fingerprint density at radius 2 is 1.77 bits per heavy atom. The van der Waals surface area contributed by atoms with Gasteiger partial charge in [0.1, 0.15) is 5.75 Å². The van der Waals surface area contributed by atoms with Crippen LogP contribution in [0.1, 0.15) is 133 Å². The molecule has 40 heavy (non-hydrogen) atoms. The van der Waals surface area contributed by atoms with Gasteiger partial charge in [0, 0.05) is 18.0 Å². The van der Waals surface area contributed by atoms with Gasteiger partial charge >= 0.3 is 0 Å². The Morgan fingerprint density at radius 1 is 0.975 bits per heavy atom. The van der Waals surface area contributed by atoms with Gasteiger partial charge in [-0.1, -0.05) is 83.0 Å². The Hall–Kier alpha value is -2.06. The van der Waals surface area contributed by atoms with Crippen LogP contribution in [0.4, 0.5) is 0 Å². The molecule has 0 bridgehead atoms. The highest BCUT2D eigenvalue weighted by Crippen LogP contribution is 2.48. The molecule has 0 amide bonds. The molecule has 0 unspecified atom stereocenters. The van der Waals surface area contributed by atoms with Gasteiger partial charge in [0.05, 0.1) is 0 Å². The van der Waals surface area contributed by atoms with Crippen LogP contribution in [0.3, 0.4) is 0 Å². The minimum absolute atomic E-state index is 0.359. The van der Waals surface area contributed by atoms with Crippen molar-refractivity contribution in [1.82, 2.24) is 5.32 Å². The molecule has 0 heterocycles. The first-order valence-corrected chi connectivity index (χ1v) is 16.6. The van der Waals surface area contributed by atoms with E-state index in [1.165, 1.54) is 73.6 Å². The Morgan fingerprint density at radius 3 is 2.55 bits per heavy atom. The lowest BCUT2D eigenvalue weighted by molar-refractivity contribution is 0.119. The number of phenols is 1. The maximum Gasteiger partial charge on any atom is 0.116 e. The first-order valence-electron chi connectivity index (χ1n) is 16.6. The van der Waals surface area contributed by atoms with Gasteiger partial charge in [-0.25, -0.2) is 0 Å². The molecule has 7 atom stereocenters. The molecule has 1 fully saturated rings. The first kappa shape index (κ1) is 29.4. The molecule has 0 spiro atoms. The Kier molecular flexibility index (Phi) is 9.45. The fourth-order valence-corrected chi connectivity index (χ4v) is 8.52. The lowest BCUT2D eigenvalue weighted by Gasteiger charge is -2.43. The highest BCUT2D eigenvalue weighted by Gasteiger charge is 2.38. The molecule has 2 heteroatoms. The lowest BCUT2D eigenvalue weighted by atomic mass is 9.61. The van der Waals surface area contributed by atoms with E-state index in [9.17, 15) is 5.11 Å². The maximum absolute atomic E-state index is 10.9. The van der Waals surface area contributed by atoms with E-state index in [0.717, 1.165) is 42.9 Å². The van der Waals surface area contributed by atoms with Gasteiger partial charge in [0.2, 0.25) is 0 Å². The standard InChI is InChI=1S/C38H55NO/c1-26(2)15-16-28(4)39-37-18-17-34(35-13-6-7-14-36(35)37)31-21-30(23-33(40)24-31)20-29-11-8-12-32(22-29)38(5)19-9-10-27(3)25-38/h6-7,9,13-14,19,21,23-24,26-29,32,34,37,39-40H,8,10-12,15-18,20,22,25H2,1-5H3/t27-,28-,29+,32+,34-,37-,38-/m0/s1. The summed E-state index contributed by atoms with van der Waals surface area (Å²) in [4.78, 5) is 0. The summed E-state index contributed by atoms with van der Waals surface area (Å²) in [6, 6.07) is 16.5. The molecule has 2 aromatic carbocycles. The average Bonchev–Trinajstić information content (AvgIpc) is 2.92. The summed E-state index contributed by atoms with van der Waals surface area (Å²) in [5.41, 5.74) is 5.90. The fourth-order valence-electron chi connectivity index (χ4n) is 8.52. The third-order valence-corrected chi connectivity index (χ3v) is 10.6. The summed E-state index contributed by atoms with van der Waals surface area (Å²) in [7, 11) is 0. The zero-order valence-corrected chi connectivity index (χ0v) is 26.0. The van der Waals surface area contributed by atoms with Crippen LogP contribution >= 0.6 is 0 Å². The number of hydrogen-bond donors (Lipinski definition) is 2. The fraction of sp³-hybridized carbons (Fsp3) is 0.632. The van der Waals surface area contributed by atoms with E-state index in [1.807, 2.05) is 12.1 Å². The summed E-state index contributed by atoms with van der Waals surface area (Å²) in [6.07, 6.45) is 18.8. The Bertz CT molecular complexity index is 1150. The van der Waals surface area contributed by atoms with E-state index in [-0.39, 0.29) is 0 Å². The van der Waals surface area contributed by atoms with Gasteiger partial charge in [-0.3, -0.25) is 0 Å². The van der Waals surface area contributed by atoms with Crippen LogP contribution in [-0.2, 0) is 6.42 Å². The molecule has 2 nitrogen and oxygen atoms in total. The minimum atomic E-state index is 0.359. The van der Waals surface area contributed by atoms with E-state index in [0.29, 0.717) is 29.2 Å². The van der Waals surface area contributed by atoms with Crippen molar-refractivity contribution in [3.63, 3.8) is 0 Å². The van der Waals surface area contributed by atoms with Crippen LogP contribution in [0.15, 0.2) is 54.6 Å². The topological polar surface area (TPSA) is 32.3 Å². The van der Waals surface area contributed by atoms with Gasteiger partial charge in [-0.15, -0.1) is 0 Å². The van der Waals surface area contributed by atoms with Gasteiger partial charge in [-0.05, 0) is 128 Å². The van der Waals surface area contributed by atoms with Gasteiger partial charge < -0.3 is 10.4 Å². The van der Waals surface area contributed by atoms with Crippen LogP contribution < -0.4 is 5.32 Å². The second-order valence-electron chi connectivity index (χ2n) is 14.7. The number of hydrogen-bond acceptors (Lipinski definition) is 2. The van der Waals surface area contributed by atoms with Crippen LogP contribution in [0, 0.1) is 29.1 Å². The number of aromatic hydroxyl groups is 1. The molecule has 0 saturated heterocycles. The van der Waals surface area contributed by atoms with Gasteiger partial charge in [-0.2, -0.15) is 0 Å². The van der Waals surface area contributed by atoms with Crippen LogP contribution in [0.2, 0.25) is 0 Å². The van der Waals surface area contributed by atoms with Crippen LogP contribution in [0.25, 0.3) is 0 Å². The van der Waals surface area contributed by atoms with Crippen molar-refractivity contribution < 1.29 is 5.11 Å². The van der Waals surface area contributed by atoms with Crippen molar-refractivity contribution in [2.45, 2.75) is 123 Å². The second kappa shape index (κ2) is 12.8. The minimum Gasteiger partial charge on any atom is -0.508 e.